The number of hydrazone groups is 1. The van der Waals surface area contributed by atoms with E-state index in [4.69, 9.17) is 5.26 Å². The lowest BCUT2D eigenvalue weighted by atomic mass is 9.34. The quantitative estimate of drug-likeness (QED) is 0.817. The third kappa shape index (κ3) is 2.39. The summed E-state index contributed by atoms with van der Waals surface area (Å²) in [6.45, 7) is 0.625. The zero-order valence-electron chi connectivity index (χ0n) is 15.0. The highest BCUT2D eigenvalue weighted by molar-refractivity contribution is 5.88. The van der Waals surface area contributed by atoms with Crippen LogP contribution in [0.1, 0.15) is 43.0 Å². The van der Waals surface area contributed by atoms with Gasteiger partial charge in [-0.1, -0.05) is 0 Å². The molecule has 6 rings (SSSR count). The van der Waals surface area contributed by atoms with Crippen LogP contribution >= 0.6 is 0 Å². The first-order chi connectivity index (χ1) is 13.4. The molecule has 142 valence electrons. The summed E-state index contributed by atoms with van der Waals surface area (Å²) in [6.07, 6.45) is 5.83. The van der Waals surface area contributed by atoms with Crippen molar-refractivity contribution in [3.63, 3.8) is 0 Å². The fraction of sp³-hybridized carbons (Fsp3) is 0.400. The smallest absolute Gasteiger partial charge is 0.249 e. The van der Waals surface area contributed by atoms with Crippen molar-refractivity contribution in [3.8, 4) is 6.07 Å². The molecule has 1 atom stereocenters. The Hall–Kier alpha value is -3.08. The van der Waals surface area contributed by atoms with Crippen molar-refractivity contribution in [3.05, 3.63) is 53.4 Å². The van der Waals surface area contributed by atoms with Gasteiger partial charge in [0.1, 0.15) is 23.4 Å². The van der Waals surface area contributed by atoms with E-state index in [9.17, 15) is 13.6 Å². The van der Waals surface area contributed by atoms with Gasteiger partial charge in [0.15, 0.2) is 0 Å². The predicted molar refractivity (Wildman–Crippen MR) is 94.7 cm³/mol. The Kier molecular flexibility index (Phi) is 3.48. The summed E-state index contributed by atoms with van der Waals surface area (Å²) >= 11 is 0. The summed E-state index contributed by atoms with van der Waals surface area (Å²) in [5.74, 6) is -1.41. The van der Waals surface area contributed by atoms with Crippen LogP contribution < -0.4 is 0 Å². The minimum atomic E-state index is -0.661. The number of benzene rings is 1. The molecule has 1 aliphatic heterocycles. The number of carbonyl (C=O) groups excluding carboxylic acids is 1. The molecule has 1 aromatic carbocycles. The molecular formula is C20H17F2N5O. The van der Waals surface area contributed by atoms with Gasteiger partial charge in [0.2, 0.25) is 5.91 Å². The lowest BCUT2D eigenvalue weighted by Crippen LogP contribution is -2.68. The normalized spacial score (nSPS) is 29.9. The van der Waals surface area contributed by atoms with Crippen molar-refractivity contribution in [2.45, 2.75) is 38.3 Å². The Balaban J connectivity index is 1.30. The second-order valence-electron chi connectivity index (χ2n) is 8.20. The molecule has 2 heterocycles. The Morgan fingerprint density at radius 2 is 1.96 bits per heavy atom. The predicted octanol–water partition coefficient (Wildman–Crippen LogP) is 3.16. The summed E-state index contributed by atoms with van der Waals surface area (Å²) < 4.78 is 28.9. The van der Waals surface area contributed by atoms with Gasteiger partial charge in [0.25, 0.3) is 0 Å². The number of aromatic nitrogens is 2. The Morgan fingerprint density at radius 1 is 1.25 bits per heavy atom. The molecule has 2 bridgehead atoms. The Bertz CT molecular complexity index is 1010. The molecule has 0 saturated heterocycles. The van der Waals surface area contributed by atoms with Crippen LogP contribution in [0.5, 0.6) is 0 Å². The van der Waals surface area contributed by atoms with E-state index < -0.39 is 23.1 Å². The Morgan fingerprint density at radius 3 is 2.64 bits per heavy atom. The summed E-state index contributed by atoms with van der Waals surface area (Å²) in [6, 6.07) is 6.66. The van der Waals surface area contributed by atoms with Crippen LogP contribution in [0.15, 0.2) is 35.6 Å². The maximum Gasteiger partial charge on any atom is 0.249 e. The maximum atomic E-state index is 13.6. The standard InChI is InChI=1S/C20H17F2N5O/c21-14-5-13(6-15(22)7-14)17-2-4-25-27(17)18(28)20-9-19(10-20,11-20)12-26-16(8-23)1-3-24-26/h1,3-7,17H,2,9-12H2. The van der Waals surface area contributed by atoms with E-state index in [0.717, 1.165) is 25.3 Å². The SMILES string of the molecule is N#Cc1ccnn1CC12CC(C(=O)N3N=CCC3c3cc(F)cc(F)c3)(C1)C2. The molecule has 6 nitrogen and oxygen atoms in total. The summed E-state index contributed by atoms with van der Waals surface area (Å²) in [5, 5.41) is 18.9. The van der Waals surface area contributed by atoms with Crippen LogP contribution in [0.3, 0.4) is 0 Å². The number of hydrogen-bond donors (Lipinski definition) is 0. The molecule has 3 aliphatic carbocycles. The van der Waals surface area contributed by atoms with Gasteiger partial charge in [0, 0.05) is 25.2 Å². The molecule has 3 fully saturated rings. The zero-order chi connectivity index (χ0) is 19.5. The van der Waals surface area contributed by atoms with Crippen molar-refractivity contribution < 1.29 is 13.6 Å². The van der Waals surface area contributed by atoms with E-state index in [0.29, 0.717) is 24.2 Å². The minimum Gasteiger partial charge on any atom is -0.272 e. The van der Waals surface area contributed by atoms with Gasteiger partial charge >= 0.3 is 0 Å². The van der Waals surface area contributed by atoms with Gasteiger partial charge in [-0.25, -0.2) is 13.8 Å². The third-order valence-electron chi connectivity index (χ3n) is 6.22. The number of hydrogen-bond acceptors (Lipinski definition) is 4. The molecular weight excluding hydrogens is 364 g/mol. The lowest BCUT2D eigenvalue weighted by Gasteiger charge is -2.69. The van der Waals surface area contributed by atoms with Crippen molar-refractivity contribution >= 4 is 12.1 Å². The zero-order valence-corrected chi connectivity index (χ0v) is 15.0. The monoisotopic (exact) mass is 381 g/mol. The molecule has 0 spiro atoms. The van der Waals surface area contributed by atoms with Gasteiger partial charge in [0.05, 0.1) is 17.7 Å². The molecule has 0 N–H and O–H groups in total. The first-order valence-corrected chi connectivity index (χ1v) is 9.18. The van der Waals surface area contributed by atoms with E-state index in [1.165, 1.54) is 17.1 Å². The van der Waals surface area contributed by atoms with E-state index in [-0.39, 0.29) is 11.3 Å². The highest BCUT2D eigenvalue weighted by atomic mass is 19.1. The average molecular weight is 381 g/mol. The van der Waals surface area contributed by atoms with Gasteiger partial charge in [-0.05, 0) is 48.4 Å². The number of halogens is 2. The van der Waals surface area contributed by atoms with Crippen LogP contribution in [0, 0.1) is 33.8 Å². The van der Waals surface area contributed by atoms with Crippen molar-refractivity contribution in [1.29, 1.82) is 5.26 Å². The first-order valence-electron chi connectivity index (χ1n) is 9.18. The molecule has 2 aromatic rings. The fourth-order valence-electron chi connectivity index (χ4n) is 5.16. The van der Waals surface area contributed by atoms with Crippen LogP contribution in [0.2, 0.25) is 0 Å². The molecule has 1 amide bonds. The number of rotatable bonds is 4. The maximum absolute atomic E-state index is 13.6. The molecule has 1 unspecified atom stereocenters. The molecule has 8 heteroatoms. The molecule has 3 saturated carbocycles. The lowest BCUT2D eigenvalue weighted by molar-refractivity contribution is -0.223. The second kappa shape index (κ2) is 5.71. The van der Waals surface area contributed by atoms with Crippen molar-refractivity contribution in [2.24, 2.45) is 15.9 Å². The largest absolute Gasteiger partial charge is 0.272 e. The first kappa shape index (κ1) is 17.0. The summed E-state index contributed by atoms with van der Waals surface area (Å²) in [4.78, 5) is 13.2. The van der Waals surface area contributed by atoms with Gasteiger partial charge in [-0.15, -0.1) is 0 Å². The average Bonchev–Trinajstić information content (AvgIpc) is 3.24. The summed E-state index contributed by atoms with van der Waals surface area (Å²) in [7, 11) is 0. The van der Waals surface area contributed by atoms with Crippen LogP contribution in [-0.4, -0.2) is 26.9 Å². The van der Waals surface area contributed by atoms with Crippen LogP contribution in [0.25, 0.3) is 0 Å². The third-order valence-corrected chi connectivity index (χ3v) is 6.22. The van der Waals surface area contributed by atoms with Crippen LogP contribution in [-0.2, 0) is 11.3 Å². The van der Waals surface area contributed by atoms with Gasteiger partial charge < -0.3 is 0 Å². The molecule has 1 aromatic heterocycles. The van der Waals surface area contributed by atoms with Crippen molar-refractivity contribution in [1.82, 2.24) is 14.8 Å². The second-order valence-corrected chi connectivity index (χ2v) is 8.20. The van der Waals surface area contributed by atoms with E-state index in [2.05, 4.69) is 16.3 Å². The number of amides is 1. The van der Waals surface area contributed by atoms with E-state index in [1.54, 1.807) is 23.2 Å². The number of nitriles is 1. The van der Waals surface area contributed by atoms with Crippen LogP contribution in [0.4, 0.5) is 8.78 Å². The fourth-order valence-corrected chi connectivity index (χ4v) is 5.16. The minimum absolute atomic E-state index is 0.00280. The summed E-state index contributed by atoms with van der Waals surface area (Å²) in [5.41, 5.74) is 0.477. The van der Waals surface area contributed by atoms with Crippen molar-refractivity contribution in [2.75, 3.05) is 0 Å². The van der Waals surface area contributed by atoms with E-state index >= 15 is 0 Å². The number of nitrogens with zero attached hydrogens (tertiary/aromatic N) is 5. The highest BCUT2D eigenvalue weighted by Gasteiger charge is 2.72. The molecule has 28 heavy (non-hydrogen) atoms. The Labute approximate surface area is 160 Å². The molecule has 4 aliphatic rings. The highest BCUT2D eigenvalue weighted by Crippen LogP contribution is 2.74. The van der Waals surface area contributed by atoms with Gasteiger partial charge in [-0.3, -0.25) is 9.48 Å². The van der Waals surface area contributed by atoms with Gasteiger partial charge in [-0.2, -0.15) is 15.5 Å². The topological polar surface area (TPSA) is 74.3 Å². The molecule has 0 radical (unpaired) electrons. The van der Waals surface area contributed by atoms with E-state index in [1.807, 2.05) is 0 Å². The number of carbonyl (C=O) groups is 1.